The Labute approximate surface area is 155 Å². The van der Waals surface area contributed by atoms with Gasteiger partial charge in [-0.1, -0.05) is 12.5 Å². The van der Waals surface area contributed by atoms with Gasteiger partial charge < -0.3 is 19.4 Å². The Balaban J connectivity index is 1.47. The van der Waals surface area contributed by atoms with Crippen LogP contribution in [0.3, 0.4) is 0 Å². The van der Waals surface area contributed by atoms with E-state index in [-0.39, 0.29) is 11.7 Å². The van der Waals surface area contributed by atoms with Gasteiger partial charge in [-0.3, -0.25) is 0 Å². The molecule has 4 rings (SSSR count). The number of carboxylic acids is 1. The van der Waals surface area contributed by atoms with Crippen molar-refractivity contribution in [3.8, 4) is 5.75 Å². The summed E-state index contributed by atoms with van der Waals surface area (Å²) in [4.78, 5) is 11.0. The summed E-state index contributed by atoms with van der Waals surface area (Å²) in [5.41, 5.74) is -1.38. The fourth-order valence-electron chi connectivity index (χ4n) is 5.60. The summed E-state index contributed by atoms with van der Waals surface area (Å²) in [5, 5.41) is 11.0. The van der Waals surface area contributed by atoms with Gasteiger partial charge in [0.2, 0.25) is 0 Å². The van der Waals surface area contributed by atoms with E-state index in [1.165, 1.54) is 19.3 Å². The molecule has 0 radical (unpaired) electrons. The zero-order valence-corrected chi connectivity index (χ0v) is 15.0. The minimum atomic E-state index is -4.65. The van der Waals surface area contributed by atoms with Gasteiger partial charge in [-0.25, -0.2) is 0 Å². The van der Waals surface area contributed by atoms with Gasteiger partial charge in [-0.05, 0) is 68.4 Å². The molecule has 0 aromatic heterocycles. The molecule has 3 aliphatic carbocycles. The molecule has 0 saturated heterocycles. The van der Waals surface area contributed by atoms with Gasteiger partial charge in [0.25, 0.3) is 0 Å². The zero-order valence-electron chi connectivity index (χ0n) is 15.0. The molecule has 6 atom stereocenters. The van der Waals surface area contributed by atoms with Gasteiger partial charge >= 0.3 is 6.18 Å². The van der Waals surface area contributed by atoms with Crippen molar-refractivity contribution in [2.45, 2.75) is 57.6 Å². The number of halogens is 3. The number of hydrogen-bond donors (Lipinski definition) is 0. The lowest BCUT2D eigenvalue weighted by Crippen LogP contribution is -2.34. The average molecular weight is 383 g/mol. The Bertz CT molecular complexity index is 732. The minimum absolute atomic E-state index is 0.00279. The maximum absolute atomic E-state index is 13.2. The second kappa shape index (κ2) is 6.69. The summed E-state index contributed by atoms with van der Waals surface area (Å²) >= 11 is 0. The molecule has 0 heterocycles. The summed E-state index contributed by atoms with van der Waals surface area (Å²) in [5.74, 6) is 0.494. The summed E-state index contributed by atoms with van der Waals surface area (Å²) in [6, 6.07) is 2.42. The third-order valence-corrected chi connectivity index (χ3v) is 6.55. The molecule has 0 spiro atoms. The van der Waals surface area contributed by atoms with Gasteiger partial charge in [0, 0.05) is 5.56 Å². The molecule has 0 N–H and O–H groups in total. The van der Waals surface area contributed by atoms with E-state index in [1.807, 2.05) is 0 Å². The second-order valence-corrected chi connectivity index (χ2v) is 8.01. The molecule has 7 heteroatoms. The molecular weight excluding hydrogens is 361 g/mol. The van der Waals surface area contributed by atoms with E-state index in [2.05, 4.69) is 0 Å². The SMILES string of the molecule is CC(Oc1cc(C(=O)[O-])ccc1C(F)(F)F)OC1CC2CC1C1CCCC21. The normalized spacial score (nSPS) is 33.1. The van der Waals surface area contributed by atoms with Crippen molar-refractivity contribution in [1.82, 2.24) is 0 Å². The van der Waals surface area contributed by atoms with Crippen molar-refractivity contribution in [3.05, 3.63) is 29.3 Å². The molecule has 3 saturated carbocycles. The summed E-state index contributed by atoms with van der Waals surface area (Å²) in [7, 11) is 0. The zero-order chi connectivity index (χ0) is 19.3. The van der Waals surface area contributed by atoms with Crippen molar-refractivity contribution in [1.29, 1.82) is 0 Å². The number of alkyl halides is 3. The van der Waals surface area contributed by atoms with Crippen molar-refractivity contribution in [3.63, 3.8) is 0 Å². The highest BCUT2D eigenvalue weighted by Crippen LogP contribution is 2.59. The van der Waals surface area contributed by atoms with E-state index in [0.717, 1.165) is 30.9 Å². The van der Waals surface area contributed by atoms with Crippen LogP contribution in [0.2, 0.25) is 0 Å². The third kappa shape index (κ3) is 3.42. The number of carbonyl (C=O) groups excluding carboxylic acids is 1. The Hall–Kier alpha value is -1.76. The summed E-state index contributed by atoms with van der Waals surface area (Å²) in [6.07, 6.45) is 0.290. The standard InChI is InChI=1S/C20H23F3O4/c1-10(26-17-9-12-7-15(17)14-4-2-3-13(12)14)27-18-8-11(19(24)25)5-6-16(18)20(21,22)23/h5-6,8,10,12-15,17H,2-4,7,9H2,1H3,(H,24,25)/p-1. The molecule has 6 unspecified atom stereocenters. The second-order valence-electron chi connectivity index (χ2n) is 8.01. The van der Waals surface area contributed by atoms with Crippen LogP contribution in [0.15, 0.2) is 18.2 Å². The van der Waals surface area contributed by atoms with Crippen LogP contribution < -0.4 is 9.84 Å². The topological polar surface area (TPSA) is 58.6 Å². The van der Waals surface area contributed by atoms with E-state index in [0.29, 0.717) is 23.8 Å². The predicted molar refractivity (Wildman–Crippen MR) is 87.8 cm³/mol. The molecular formula is C20H22F3O4-. The highest BCUT2D eigenvalue weighted by atomic mass is 19.4. The van der Waals surface area contributed by atoms with Crippen LogP contribution in [0, 0.1) is 23.7 Å². The van der Waals surface area contributed by atoms with Gasteiger partial charge in [-0.15, -0.1) is 0 Å². The first-order valence-electron chi connectivity index (χ1n) is 9.48. The smallest absolute Gasteiger partial charge is 0.419 e. The fraction of sp³-hybridized carbons (Fsp3) is 0.650. The minimum Gasteiger partial charge on any atom is -0.545 e. The van der Waals surface area contributed by atoms with Crippen molar-refractivity contribution in [2.75, 3.05) is 0 Å². The van der Waals surface area contributed by atoms with E-state index in [4.69, 9.17) is 9.47 Å². The largest absolute Gasteiger partial charge is 0.545 e. The van der Waals surface area contributed by atoms with Crippen LogP contribution in [0.4, 0.5) is 13.2 Å². The van der Waals surface area contributed by atoms with Gasteiger partial charge in [0.1, 0.15) is 5.75 Å². The van der Waals surface area contributed by atoms with Crippen LogP contribution >= 0.6 is 0 Å². The molecule has 148 valence electrons. The van der Waals surface area contributed by atoms with Crippen molar-refractivity contribution >= 4 is 5.97 Å². The number of fused-ring (bicyclic) bond motifs is 5. The van der Waals surface area contributed by atoms with Crippen LogP contribution in [-0.2, 0) is 10.9 Å². The van der Waals surface area contributed by atoms with Crippen molar-refractivity contribution < 1.29 is 32.5 Å². The van der Waals surface area contributed by atoms with Gasteiger partial charge in [-0.2, -0.15) is 13.2 Å². The molecule has 1 aromatic carbocycles. The Morgan fingerprint density at radius 3 is 2.63 bits per heavy atom. The number of aromatic carboxylic acids is 1. The molecule has 27 heavy (non-hydrogen) atoms. The maximum Gasteiger partial charge on any atom is 0.419 e. The first kappa shape index (κ1) is 18.6. The first-order chi connectivity index (χ1) is 12.7. The lowest BCUT2D eigenvalue weighted by atomic mass is 9.80. The molecule has 1 aromatic rings. The highest BCUT2D eigenvalue weighted by molar-refractivity contribution is 5.86. The maximum atomic E-state index is 13.2. The molecule has 3 aliphatic rings. The first-order valence-corrected chi connectivity index (χ1v) is 9.48. The number of benzene rings is 1. The van der Waals surface area contributed by atoms with Crippen molar-refractivity contribution in [2.24, 2.45) is 23.7 Å². The Morgan fingerprint density at radius 2 is 1.93 bits per heavy atom. The lowest BCUT2D eigenvalue weighted by Gasteiger charge is -2.33. The van der Waals surface area contributed by atoms with E-state index < -0.39 is 29.7 Å². The van der Waals surface area contributed by atoms with Crippen LogP contribution in [-0.4, -0.2) is 18.4 Å². The van der Waals surface area contributed by atoms with E-state index in [1.54, 1.807) is 6.92 Å². The lowest BCUT2D eigenvalue weighted by molar-refractivity contribution is -0.255. The number of carbonyl (C=O) groups is 1. The van der Waals surface area contributed by atoms with Gasteiger partial charge in [0.05, 0.1) is 17.6 Å². The number of ether oxygens (including phenoxy) is 2. The summed E-state index contributed by atoms with van der Waals surface area (Å²) < 4.78 is 51.0. The van der Waals surface area contributed by atoms with Crippen LogP contribution in [0.25, 0.3) is 0 Å². The molecule has 4 nitrogen and oxygen atoms in total. The fourth-order valence-corrected chi connectivity index (χ4v) is 5.60. The average Bonchev–Trinajstić information content (AvgIpc) is 3.26. The predicted octanol–water partition coefficient (Wildman–Crippen LogP) is 3.64. The van der Waals surface area contributed by atoms with Crippen LogP contribution in [0.5, 0.6) is 5.75 Å². The highest BCUT2D eigenvalue weighted by Gasteiger charge is 2.54. The third-order valence-electron chi connectivity index (χ3n) is 6.55. The quantitative estimate of drug-likeness (QED) is 0.729. The summed E-state index contributed by atoms with van der Waals surface area (Å²) in [6.45, 7) is 1.56. The van der Waals surface area contributed by atoms with Crippen LogP contribution in [0.1, 0.15) is 54.9 Å². The number of carboxylic acid groups (broad SMARTS) is 1. The Morgan fingerprint density at radius 1 is 1.19 bits per heavy atom. The van der Waals surface area contributed by atoms with Gasteiger partial charge in [0.15, 0.2) is 6.29 Å². The van der Waals surface area contributed by atoms with E-state index >= 15 is 0 Å². The molecule has 3 fully saturated rings. The number of rotatable bonds is 5. The molecule has 2 bridgehead atoms. The Kier molecular flexibility index (Phi) is 4.61. The monoisotopic (exact) mass is 383 g/mol. The molecule has 0 aliphatic heterocycles. The van der Waals surface area contributed by atoms with E-state index in [9.17, 15) is 23.1 Å². The number of hydrogen-bond acceptors (Lipinski definition) is 4. The molecule has 0 amide bonds.